The first-order valence-corrected chi connectivity index (χ1v) is 6.90. The summed E-state index contributed by atoms with van der Waals surface area (Å²) in [5.41, 5.74) is 0. The van der Waals surface area contributed by atoms with Gasteiger partial charge < -0.3 is 10.0 Å². The molecule has 1 N–H and O–H groups in total. The summed E-state index contributed by atoms with van der Waals surface area (Å²) in [5.74, 6) is -0.890. The van der Waals surface area contributed by atoms with Crippen LogP contribution in [-0.2, 0) is 9.59 Å². The van der Waals surface area contributed by atoms with E-state index in [9.17, 15) is 9.59 Å². The molecule has 0 aromatic carbocycles. The van der Waals surface area contributed by atoms with E-state index in [-0.39, 0.29) is 11.2 Å². The molecule has 5 heteroatoms. The van der Waals surface area contributed by atoms with E-state index in [0.717, 1.165) is 12.8 Å². The molecule has 4 nitrogen and oxygen atoms in total. The molecule has 0 saturated carbocycles. The topological polar surface area (TPSA) is 57.6 Å². The summed E-state index contributed by atoms with van der Waals surface area (Å²) < 4.78 is 0. The zero-order chi connectivity index (χ0) is 12.1. The normalized spacial score (nSPS) is 22.9. The molecule has 2 atom stereocenters. The van der Waals surface area contributed by atoms with Crippen LogP contribution in [0.3, 0.4) is 0 Å². The molecule has 1 rings (SSSR count). The average Bonchev–Trinajstić information content (AvgIpc) is 2.28. The molecule has 0 aliphatic carbocycles. The highest BCUT2D eigenvalue weighted by Gasteiger charge is 2.31. The van der Waals surface area contributed by atoms with Gasteiger partial charge in [0, 0.05) is 18.2 Å². The Hall–Kier alpha value is -0.710. The highest BCUT2D eigenvalue weighted by molar-refractivity contribution is 7.99. The van der Waals surface area contributed by atoms with Crippen LogP contribution in [0.5, 0.6) is 0 Å². The number of carboxylic acids is 1. The molecule has 0 bridgehead atoms. The lowest BCUT2D eigenvalue weighted by Gasteiger charge is -2.33. The van der Waals surface area contributed by atoms with E-state index < -0.39 is 12.0 Å². The Morgan fingerprint density at radius 2 is 2.19 bits per heavy atom. The molecule has 1 saturated heterocycles. The van der Waals surface area contributed by atoms with Gasteiger partial charge in [-0.2, -0.15) is 11.8 Å². The minimum absolute atomic E-state index is 0.0195. The van der Waals surface area contributed by atoms with Crippen LogP contribution in [0.4, 0.5) is 0 Å². The van der Waals surface area contributed by atoms with Crippen LogP contribution in [-0.4, -0.2) is 46.0 Å². The van der Waals surface area contributed by atoms with Crippen LogP contribution in [0.1, 0.15) is 32.6 Å². The molecule has 1 aliphatic heterocycles. The number of hydrogen-bond donors (Lipinski definition) is 1. The molecule has 2 unspecified atom stereocenters. The smallest absolute Gasteiger partial charge is 0.326 e. The van der Waals surface area contributed by atoms with Gasteiger partial charge >= 0.3 is 5.97 Å². The number of rotatable bonds is 4. The van der Waals surface area contributed by atoms with Crippen LogP contribution in [0.2, 0.25) is 0 Å². The van der Waals surface area contributed by atoms with Crippen molar-refractivity contribution in [3.05, 3.63) is 0 Å². The molecule has 1 fully saturated rings. The maximum atomic E-state index is 11.9. The SMILES string of the molecule is CSC(C)CC(=O)N1CCCCC1C(=O)O. The summed E-state index contributed by atoms with van der Waals surface area (Å²) in [6.45, 7) is 2.58. The minimum atomic E-state index is -0.871. The van der Waals surface area contributed by atoms with Crippen LogP contribution in [0.15, 0.2) is 0 Å². The van der Waals surface area contributed by atoms with Crippen molar-refractivity contribution in [2.75, 3.05) is 12.8 Å². The molecule has 1 amide bonds. The van der Waals surface area contributed by atoms with E-state index in [4.69, 9.17) is 5.11 Å². The number of likely N-dealkylation sites (tertiary alicyclic amines) is 1. The van der Waals surface area contributed by atoms with E-state index in [1.54, 1.807) is 16.7 Å². The Morgan fingerprint density at radius 1 is 1.50 bits per heavy atom. The van der Waals surface area contributed by atoms with Gasteiger partial charge in [0.05, 0.1) is 0 Å². The van der Waals surface area contributed by atoms with Gasteiger partial charge in [-0.1, -0.05) is 6.92 Å². The van der Waals surface area contributed by atoms with E-state index >= 15 is 0 Å². The first-order valence-electron chi connectivity index (χ1n) is 5.61. The van der Waals surface area contributed by atoms with Crippen molar-refractivity contribution < 1.29 is 14.7 Å². The van der Waals surface area contributed by atoms with Gasteiger partial charge in [0.25, 0.3) is 0 Å². The fourth-order valence-corrected chi connectivity index (χ4v) is 2.24. The van der Waals surface area contributed by atoms with Crippen molar-refractivity contribution >= 4 is 23.6 Å². The van der Waals surface area contributed by atoms with Crippen molar-refractivity contribution in [2.24, 2.45) is 0 Å². The molecule has 1 heterocycles. The van der Waals surface area contributed by atoms with Crippen molar-refractivity contribution in [3.8, 4) is 0 Å². The van der Waals surface area contributed by atoms with Crippen molar-refractivity contribution in [1.82, 2.24) is 4.90 Å². The Morgan fingerprint density at radius 3 is 2.75 bits per heavy atom. The van der Waals surface area contributed by atoms with E-state index in [2.05, 4.69) is 0 Å². The third-order valence-electron chi connectivity index (χ3n) is 2.97. The number of piperidine rings is 1. The predicted octanol–water partition coefficient (Wildman–Crippen LogP) is 1.59. The molecule has 0 aromatic heterocycles. The Kier molecular flexibility index (Phi) is 5.12. The second-order valence-corrected chi connectivity index (χ2v) is 5.46. The number of carbonyl (C=O) groups excluding carboxylic acids is 1. The van der Waals surface area contributed by atoms with Gasteiger partial charge in [-0.15, -0.1) is 0 Å². The summed E-state index contributed by atoms with van der Waals surface area (Å²) in [6, 6.07) is -0.602. The summed E-state index contributed by atoms with van der Waals surface area (Å²) in [4.78, 5) is 24.5. The van der Waals surface area contributed by atoms with Crippen LogP contribution in [0, 0.1) is 0 Å². The number of carboxylic acid groups (broad SMARTS) is 1. The molecule has 0 radical (unpaired) electrons. The third kappa shape index (κ3) is 3.40. The van der Waals surface area contributed by atoms with E-state index in [0.29, 0.717) is 19.4 Å². The molecule has 0 spiro atoms. The first kappa shape index (κ1) is 13.4. The number of nitrogens with zero attached hydrogens (tertiary/aromatic N) is 1. The Labute approximate surface area is 100 Å². The lowest BCUT2D eigenvalue weighted by atomic mass is 10.0. The van der Waals surface area contributed by atoms with Crippen LogP contribution >= 0.6 is 11.8 Å². The maximum Gasteiger partial charge on any atom is 0.326 e. The molecule has 16 heavy (non-hydrogen) atoms. The molecular formula is C11H19NO3S. The zero-order valence-corrected chi connectivity index (χ0v) is 10.6. The second-order valence-electron chi connectivity index (χ2n) is 4.19. The monoisotopic (exact) mass is 245 g/mol. The van der Waals surface area contributed by atoms with Gasteiger partial charge in [-0.25, -0.2) is 4.79 Å². The number of amides is 1. The maximum absolute atomic E-state index is 11.9. The van der Waals surface area contributed by atoms with E-state index in [1.165, 1.54) is 0 Å². The van der Waals surface area contributed by atoms with Gasteiger partial charge in [-0.05, 0) is 25.5 Å². The van der Waals surface area contributed by atoms with Crippen molar-refractivity contribution in [3.63, 3.8) is 0 Å². The van der Waals surface area contributed by atoms with Gasteiger partial charge in [-0.3, -0.25) is 4.79 Å². The lowest BCUT2D eigenvalue weighted by Crippen LogP contribution is -2.48. The highest BCUT2D eigenvalue weighted by atomic mass is 32.2. The first-order chi connectivity index (χ1) is 7.56. The molecular weight excluding hydrogens is 226 g/mol. The van der Waals surface area contributed by atoms with E-state index in [1.807, 2.05) is 13.2 Å². The van der Waals surface area contributed by atoms with Gasteiger partial charge in [0.2, 0.25) is 5.91 Å². The summed E-state index contributed by atoms with van der Waals surface area (Å²) in [5, 5.41) is 9.30. The van der Waals surface area contributed by atoms with Gasteiger partial charge in [0.1, 0.15) is 6.04 Å². The Bertz CT molecular complexity index is 270. The fourth-order valence-electron chi connectivity index (χ4n) is 1.93. The average molecular weight is 245 g/mol. The quantitative estimate of drug-likeness (QED) is 0.817. The summed E-state index contributed by atoms with van der Waals surface area (Å²) in [6.07, 6.45) is 4.81. The molecule has 92 valence electrons. The Balaban J connectivity index is 2.60. The molecule has 1 aliphatic rings. The minimum Gasteiger partial charge on any atom is -0.480 e. The number of hydrogen-bond acceptors (Lipinski definition) is 3. The number of aliphatic carboxylic acids is 1. The number of thioether (sulfide) groups is 1. The fraction of sp³-hybridized carbons (Fsp3) is 0.818. The van der Waals surface area contributed by atoms with Crippen molar-refractivity contribution in [1.29, 1.82) is 0 Å². The van der Waals surface area contributed by atoms with Crippen LogP contribution in [0.25, 0.3) is 0 Å². The third-order valence-corrected chi connectivity index (χ3v) is 3.94. The highest BCUT2D eigenvalue weighted by Crippen LogP contribution is 2.20. The largest absolute Gasteiger partial charge is 0.480 e. The van der Waals surface area contributed by atoms with Gasteiger partial charge in [0.15, 0.2) is 0 Å². The van der Waals surface area contributed by atoms with Crippen LogP contribution < -0.4 is 0 Å². The second kappa shape index (κ2) is 6.13. The summed E-state index contributed by atoms with van der Waals surface area (Å²) >= 11 is 1.63. The van der Waals surface area contributed by atoms with Crippen molar-refractivity contribution in [2.45, 2.75) is 43.9 Å². The standard InChI is InChI=1S/C11H19NO3S/c1-8(16-2)7-10(13)12-6-4-3-5-9(12)11(14)15/h8-9H,3-7H2,1-2H3,(H,14,15). The lowest BCUT2D eigenvalue weighted by molar-refractivity contribution is -0.152. The number of carbonyl (C=O) groups is 2. The molecule has 0 aromatic rings. The zero-order valence-electron chi connectivity index (χ0n) is 9.81. The summed E-state index contributed by atoms with van der Waals surface area (Å²) in [7, 11) is 0. The predicted molar refractivity (Wildman–Crippen MR) is 64.6 cm³/mol.